The van der Waals surface area contributed by atoms with E-state index in [4.69, 9.17) is 26.4 Å². The first kappa shape index (κ1) is 21.9. The lowest BCUT2D eigenvalue weighted by Crippen LogP contribution is -2.24. The third-order valence-corrected chi connectivity index (χ3v) is 6.10. The van der Waals surface area contributed by atoms with Crippen LogP contribution in [0.2, 0.25) is 5.15 Å². The fraction of sp³-hybridized carbons (Fsp3) is 0.667. The standard InChI is InChI=1S/C15H23ClF2N5O3P/c1-9(2)25-27(24,26-10(3)4)15(17,18)6-5-7-23-8-20-11-12(16)21-14(19)22-13(11)23/h8-10H,5-7H2,1-4H3,(H2,19,21,22). The Morgan fingerprint density at radius 1 is 1.26 bits per heavy atom. The summed E-state index contributed by atoms with van der Waals surface area (Å²) in [6.07, 6.45) is -0.637. The molecule has 0 atom stereocenters. The van der Waals surface area contributed by atoms with Crippen molar-refractivity contribution in [3.05, 3.63) is 11.5 Å². The third kappa shape index (κ3) is 5.13. The monoisotopic (exact) mass is 425 g/mol. The number of anilines is 1. The molecule has 0 unspecified atom stereocenters. The van der Waals surface area contributed by atoms with Crippen LogP contribution in [0.25, 0.3) is 11.2 Å². The Labute approximate surface area is 161 Å². The van der Waals surface area contributed by atoms with Crippen molar-refractivity contribution in [1.82, 2.24) is 19.5 Å². The largest absolute Gasteiger partial charge is 0.400 e. The number of nitrogen functional groups attached to an aromatic ring is 1. The number of nitrogens with two attached hydrogens (primary N) is 1. The van der Waals surface area contributed by atoms with Crippen LogP contribution in [-0.2, 0) is 20.2 Å². The highest BCUT2D eigenvalue weighted by Crippen LogP contribution is 2.65. The predicted molar refractivity (Wildman–Crippen MR) is 99.0 cm³/mol. The summed E-state index contributed by atoms with van der Waals surface area (Å²) in [5.74, 6) is -0.0419. The summed E-state index contributed by atoms with van der Waals surface area (Å²) in [4.78, 5) is 11.9. The maximum Gasteiger partial charge on any atom is 0.400 e. The van der Waals surface area contributed by atoms with Crippen molar-refractivity contribution in [3.63, 3.8) is 0 Å². The average Bonchev–Trinajstić information content (AvgIpc) is 2.88. The van der Waals surface area contributed by atoms with E-state index in [0.717, 1.165) is 0 Å². The molecule has 0 aliphatic carbocycles. The lowest BCUT2D eigenvalue weighted by Gasteiger charge is -2.29. The van der Waals surface area contributed by atoms with E-state index in [2.05, 4.69) is 15.0 Å². The molecule has 0 bridgehead atoms. The van der Waals surface area contributed by atoms with Crippen LogP contribution in [0.5, 0.6) is 0 Å². The minimum atomic E-state index is -4.63. The molecule has 0 saturated heterocycles. The van der Waals surface area contributed by atoms with E-state index in [0.29, 0.717) is 11.2 Å². The van der Waals surface area contributed by atoms with Crippen LogP contribution in [0, 0.1) is 0 Å². The zero-order chi connectivity index (χ0) is 20.4. The van der Waals surface area contributed by atoms with Crippen molar-refractivity contribution in [3.8, 4) is 0 Å². The van der Waals surface area contributed by atoms with Gasteiger partial charge < -0.3 is 19.3 Å². The molecule has 0 amide bonds. The van der Waals surface area contributed by atoms with Crippen molar-refractivity contribution in [2.75, 3.05) is 5.73 Å². The number of alkyl halides is 2. The Balaban J connectivity index is 2.13. The molecule has 0 spiro atoms. The van der Waals surface area contributed by atoms with Crippen molar-refractivity contribution >= 4 is 36.3 Å². The molecule has 2 aromatic rings. The van der Waals surface area contributed by atoms with Gasteiger partial charge in [0.25, 0.3) is 0 Å². The van der Waals surface area contributed by atoms with Gasteiger partial charge in [0, 0.05) is 13.0 Å². The average molecular weight is 426 g/mol. The van der Waals surface area contributed by atoms with Crippen molar-refractivity contribution in [2.24, 2.45) is 0 Å². The van der Waals surface area contributed by atoms with E-state index in [9.17, 15) is 13.3 Å². The molecule has 0 fully saturated rings. The zero-order valence-corrected chi connectivity index (χ0v) is 17.2. The van der Waals surface area contributed by atoms with Crippen LogP contribution in [0.1, 0.15) is 40.5 Å². The number of aromatic nitrogens is 4. The number of hydrogen-bond donors (Lipinski definition) is 1. The molecule has 0 saturated carbocycles. The fourth-order valence-corrected chi connectivity index (χ4v) is 4.54. The zero-order valence-electron chi connectivity index (χ0n) is 15.5. The number of nitrogens with zero attached hydrogens (tertiary/aromatic N) is 4. The van der Waals surface area contributed by atoms with Gasteiger partial charge in [-0.15, -0.1) is 0 Å². The Morgan fingerprint density at radius 2 is 1.85 bits per heavy atom. The summed E-state index contributed by atoms with van der Waals surface area (Å²) in [5.41, 5.74) is 2.60. The van der Waals surface area contributed by atoms with Crippen LogP contribution < -0.4 is 5.73 Å². The van der Waals surface area contributed by atoms with E-state index < -0.39 is 31.9 Å². The van der Waals surface area contributed by atoms with Gasteiger partial charge in [-0.2, -0.15) is 18.7 Å². The maximum absolute atomic E-state index is 14.7. The molecule has 2 heterocycles. The maximum atomic E-state index is 14.7. The third-order valence-electron chi connectivity index (χ3n) is 3.42. The van der Waals surface area contributed by atoms with Gasteiger partial charge in [0.05, 0.1) is 18.5 Å². The second-order valence-corrected chi connectivity index (χ2v) is 8.99. The summed E-state index contributed by atoms with van der Waals surface area (Å²) in [6, 6.07) is 0. The quantitative estimate of drug-likeness (QED) is 0.466. The Kier molecular flexibility index (Phi) is 6.78. The summed E-state index contributed by atoms with van der Waals surface area (Å²) in [6.45, 7) is 6.24. The summed E-state index contributed by atoms with van der Waals surface area (Å²) >= 11 is 5.94. The number of fused-ring (bicyclic) bond motifs is 1. The first-order valence-electron chi connectivity index (χ1n) is 8.44. The molecule has 12 heteroatoms. The molecular formula is C15H23ClF2N5O3P. The van der Waals surface area contributed by atoms with Crippen LogP contribution in [0.3, 0.4) is 0 Å². The predicted octanol–water partition coefficient (Wildman–Crippen LogP) is 4.48. The first-order chi connectivity index (χ1) is 12.4. The highest BCUT2D eigenvalue weighted by molar-refractivity contribution is 7.55. The molecule has 0 radical (unpaired) electrons. The van der Waals surface area contributed by atoms with E-state index in [-0.39, 0.29) is 24.1 Å². The van der Waals surface area contributed by atoms with E-state index in [1.807, 2.05) is 0 Å². The van der Waals surface area contributed by atoms with Gasteiger partial charge in [0.15, 0.2) is 10.8 Å². The van der Waals surface area contributed by atoms with Crippen molar-refractivity contribution in [1.29, 1.82) is 0 Å². The van der Waals surface area contributed by atoms with Crippen LogP contribution in [0.15, 0.2) is 6.33 Å². The SMILES string of the molecule is CC(C)OP(=O)(OC(C)C)C(F)(F)CCCn1cnc2c(Cl)nc(N)nc21. The molecule has 2 N–H and O–H groups in total. The van der Waals surface area contributed by atoms with Gasteiger partial charge in [-0.25, -0.2) is 4.98 Å². The lowest BCUT2D eigenvalue weighted by atomic mass is 10.3. The molecule has 8 nitrogen and oxygen atoms in total. The van der Waals surface area contributed by atoms with Crippen molar-refractivity contribution in [2.45, 2.75) is 65.0 Å². The van der Waals surface area contributed by atoms with Crippen LogP contribution >= 0.6 is 19.2 Å². The van der Waals surface area contributed by atoms with Gasteiger partial charge in [0.2, 0.25) is 5.95 Å². The Hall–Kier alpha value is -1.35. The Bertz CT molecular complexity index is 832. The molecule has 152 valence electrons. The number of aryl methyl sites for hydroxylation is 1. The highest BCUT2D eigenvalue weighted by atomic mass is 35.5. The Morgan fingerprint density at radius 3 is 2.41 bits per heavy atom. The minimum Gasteiger partial charge on any atom is -0.368 e. The molecule has 0 aromatic carbocycles. The van der Waals surface area contributed by atoms with Crippen LogP contribution in [0.4, 0.5) is 14.7 Å². The summed E-state index contributed by atoms with van der Waals surface area (Å²) in [7, 11) is -4.63. The number of imidazole rings is 1. The van der Waals surface area contributed by atoms with Gasteiger partial charge in [-0.05, 0) is 34.1 Å². The second-order valence-electron chi connectivity index (χ2n) is 6.56. The molecule has 0 aliphatic rings. The van der Waals surface area contributed by atoms with E-state index in [1.165, 1.54) is 38.6 Å². The van der Waals surface area contributed by atoms with Gasteiger partial charge in [-0.3, -0.25) is 4.57 Å². The smallest absolute Gasteiger partial charge is 0.368 e. The van der Waals surface area contributed by atoms with Gasteiger partial charge in [0.1, 0.15) is 5.52 Å². The highest BCUT2D eigenvalue weighted by Gasteiger charge is 2.53. The molecule has 0 aliphatic heterocycles. The second kappa shape index (κ2) is 8.34. The number of halogens is 3. The van der Waals surface area contributed by atoms with Gasteiger partial charge >= 0.3 is 13.3 Å². The fourth-order valence-electron chi connectivity index (χ4n) is 2.42. The minimum absolute atomic E-state index is 0.0209. The number of hydrogen-bond acceptors (Lipinski definition) is 7. The molecular weight excluding hydrogens is 403 g/mol. The number of rotatable bonds is 9. The normalized spacial score (nSPS) is 13.2. The van der Waals surface area contributed by atoms with E-state index >= 15 is 0 Å². The molecule has 27 heavy (non-hydrogen) atoms. The summed E-state index contributed by atoms with van der Waals surface area (Å²) < 4.78 is 53.6. The van der Waals surface area contributed by atoms with Gasteiger partial charge in [-0.1, -0.05) is 11.6 Å². The van der Waals surface area contributed by atoms with Crippen LogP contribution in [-0.4, -0.2) is 37.4 Å². The summed E-state index contributed by atoms with van der Waals surface area (Å²) in [5, 5.41) is 0.0850. The topological polar surface area (TPSA) is 105 Å². The van der Waals surface area contributed by atoms with Crippen molar-refractivity contribution < 1.29 is 22.4 Å². The molecule has 2 rings (SSSR count). The first-order valence-corrected chi connectivity index (χ1v) is 10.4. The van der Waals surface area contributed by atoms with E-state index in [1.54, 1.807) is 0 Å². The molecule has 2 aromatic heterocycles. The lowest BCUT2D eigenvalue weighted by molar-refractivity contribution is 0.0120.